The Labute approximate surface area is 192 Å². The predicted octanol–water partition coefficient (Wildman–Crippen LogP) is 3.60. The number of hydrogen-bond donors (Lipinski definition) is 2. The third kappa shape index (κ3) is 4.34. The van der Waals surface area contributed by atoms with Crippen molar-refractivity contribution in [1.29, 1.82) is 0 Å². The van der Waals surface area contributed by atoms with E-state index in [0.717, 1.165) is 37.8 Å². The minimum absolute atomic E-state index is 0.177. The maximum absolute atomic E-state index is 13.1. The molecule has 8 heteroatoms. The van der Waals surface area contributed by atoms with Crippen molar-refractivity contribution in [2.75, 3.05) is 0 Å². The topological polar surface area (TPSA) is 110 Å². The number of nitrogens with zero attached hydrogens (tertiary/aromatic N) is 2. The number of ether oxygens (including phenoxy) is 1. The van der Waals surface area contributed by atoms with Crippen molar-refractivity contribution in [3.05, 3.63) is 53.5 Å². The van der Waals surface area contributed by atoms with E-state index in [9.17, 15) is 14.4 Å². The summed E-state index contributed by atoms with van der Waals surface area (Å²) in [6, 6.07) is 10.2. The van der Waals surface area contributed by atoms with Crippen LogP contribution in [0.1, 0.15) is 72.1 Å². The van der Waals surface area contributed by atoms with Gasteiger partial charge >= 0.3 is 6.09 Å². The van der Waals surface area contributed by atoms with Crippen molar-refractivity contribution in [3.63, 3.8) is 0 Å². The van der Waals surface area contributed by atoms with Gasteiger partial charge in [0.25, 0.3) is 5.91 Å². The van der Waals surface area contributed by atoms with Crippen molar-refractivity contribution in [3.8, 4) is 5.88 Å². The lowest BCUT2D eigenvalue weighted by atomic mass is 9.50. The second kappa shape index (κ2) is 7.93. The van der Waals surface area contributed by atoms with Crippen LogP contribution in [0.25, 0.3) is 0 Å². The summed E-state index contributed by atoms with van der Waals surface area (Å²) in [4.78, 5) is 46.0. The van der Waals surface area contributed by atoms with Crippen LogP contribution in [0.3, 0.4) is 0 Å². The van der Waals surface area contributed by atoms with E-state index in [1.165, 1.54) is 6.92 Å². The summed E-state index contributed by atoms with van der Waals surface area (Å²) in [5.74, 6) is 0.684. The van der Waals surface area contributed by atoms with Gasteiger partial charge in [0.05, 0.1) is 0 Å². The van der Waals surface area contributed by atoms with E-state index in [2.05, 4.69) is 20.6 Å². The summed E-state index contributed by atoms with van der Waals surface area (Å²) in [6.07, 6.45) is 4.81. The standard InChI is InChI=1S/C25H28N4O4/c1-15-5-3-8-21(26-15)33-23(32)29-25-12-17-9-18(13-25)11-24(10-17,14-25)28-22(31)20-7-4-6-19(27-20)16(2)30/h3-8,17-18H,9-14H2,1-2H3,(H,28,31)(H,29,32). The molecule has 2 atom stereocenters. The number of amides is 2. The summed E-state index contributed by atoms with van der Waals surface area (Å²) in [7, 11) is 0. The summed E-state index contributed by atoms with van der Waals surface area (Å²) < 4.78 is 5.46. The second-order valence-electron chi connectivity index (χ2n) is 10.1. The molecule has 0 spiro atoms. The summed E-state index contributed by atoms with van der Waals surface area (Å²) >= 11 is 0. The van der Waals surface area contributed by atoms with Crippen LogP contribution in [-0.4, -0.2) is 38.8 Å². The molecule has 33 heavy (non-hydrogen) atoms. The number of hydrogen-bond acceptors (Lipinski definition) is 6. The molecule has 4 saturated carbocycles. The van der Waals surface area contributed by atoms with E-state index in [1.54, 1.807) is 30.3 Å². The molecule has 0 aromatic carbocycles. The van der Waals surface area contributed by atoms with Gasteiger partial charge in [0.2, 0.25) is 5.88 Å². The van der Waals surface area contributed by atoms with Gasteiger partial charge in [-0.1, -0.05) is 12.1 Å². The van der Waals surface area contributed by atoms with Crippen LogP contribution < -0.4 is 15.4 Å². The molecule has 4 bridgehead atoms. The van der Waals surface area contributed by atoms with Crippen molar-refractivity contribution >= 4 is 17.8 Å². The summed E-state index contributed by atoms with van der Waals surface area (Å²) in [5, 5.41) is 6.39. The molecule has 6 rings (SSSR count). The van der Waals surface area contributed by atoms with Gasteiger partial charge in [0.15, 0.2) is 5.78 Å². The van der Waals surface area contributed by atoms with Gasteiger partial charge in [0.1, 0.15) is 11.4 Å². The first-order valence-electron chi connectivity index (χ1n) is 11.5. The SMILES string of the molecule is CC(=O)c1cccc(C(=O)NC23CC4CC(CC(NC(=O)Oc5cccc(C)n5)(C4)C2)C3)n1. The Hall–Kier alpha value is -3.29. The summed E-state index contributed by atoms with van der Waals surface area (Å²) in [6.45, 7) is 3.28. The quantitative estimate of drug-likeness (QED) is 0.677. The molecule has 2 N–H and O–H groups in total. The van der Waals surface area contributed by atoms with Crippen LogP contribution in [-0.2, 0) is 0 Å². The Morgan fingerprint density at radius 3 is 2.21 bits per heavy atom. The molecule has 172 valence electrons. The molecule has 2 amide bonds. The van der Waals surface area contributed by atoms with E-state index in [-0.39, 0.29) is 29.0 Å². The van der Waals surface area contributed by atoms with E-state index < -0.39 is 17.2 Å². The minimum atomic E-state index is -0.507. The van der Waals surface area contributed by atoms with E-state index >= 15 is 0 Å². The Balaban J connectivity index is 1.32. The largest absolute Gasteiger partial charge is 0.414 e. The molecule has 4 aliphatic rings. The van der Waals surface area contributed by atoms with Gasteiger partial charge < -0.3 is 15.4 Å². The van der Waals surface area contributed by atoms with Crippen LogP contribution in [0, 0.1) is 18.8 Å². The van der Waals surface area contributed by atoms with Crippen molar-refractivity contribution < 1.29 is 19.1 Å². The third-order valence-electron chi connectivity index (χ3n) is 7.21. The Kier molecular flexibility index (Phi) is 5.18. The van der Waals surface area contributed by atoms with Crippen LogP contribution in [0.2, 0.25) is 0 Å². The zero-order chi connectivity index (χ0) is 23.2. The number of ketones is 1. The number of carbonyl (C=O) groups is 3. The fourth-order valence-corrected chi connectivity index (χ4v) is 6.53. The zero-order valence-electron chi connectivity index (χ0n) is 18.9. The number of aryl methyl sites for hydroxylation is 1. The first-order valence-corrected chi connectivity index (χ1v) is 11.5. The maximum Gasteiger partial charge on any atom is 0.414 e. The second-order valence-corrected chi connectivity index (χ2v) is 10.1. The zero-order valence-corrected chi connectivity index (χ0v) is 18.9. The molecular weight excluding hydrogens is 420 g/mol. The van der Waals surface area contributed by atoms with Gasteiger partial charge in [-0.2, -0.15) is 0 Å². The fraction of sp³-hybridized carbons (Fsp3) is 0.480. The van der Waals surface area contributed by atoms with Crippen LogP contribution >= 0.6 is 0 Å². The van der Waals surface area contributed by atoms with Gasteiger partial charge in [-0.3, -0.25) is 9.59 Å². The van der Waals surface area contributed by atoms with Crippen LogP contribution in [0.15, 0.2) is 36.4 Å². The average molecular weight is 449 g/mol. The van der Waals surface area contributed by atoms with Crippen molar-refractivity contribution in [2.24, 2.45) is 11.8 Å². The lowest BCUT2D eigenvalue weighted by Crippen LogP contribution is -2.70. The molecule has 2 heterocycles. The maximum atomic E-state index is 13.1. The van der Waals surface area contributed by atoms with Gasteiger partial charge in [0, 0.05) is 29.8 Å². The molecule has 8 nitrogen and oxygen atoms in total. The van der Waals surface area contributed by atoms with Crippen LogP contribution in [0.5, 0.6) is 5.88 Å². The number of rotatable bonds is 5. The number of Topliss-reactive ketones (excluding diaryl/α,β-unsaturated/α-hetero) is 1. The number of nitrogens with one attached hydrogen (secondary N) is 2. The number of aromatic nitrogens is 2. The van der Waals surface area contributed by atoms with E-state index in [4.69, 9.17) is 4.74 Å². The first kappa shape index (κ1) is 21.6. The highest BCUT2D eigenvalue weighted by Gasteiger charge is 2.59. The molecule has 2 aromatic heterocycles. The molecule has 0 saturated heterocycles. The molecule has 4 aliphatic carbocycles. The first-order chi connectivity index (χ1) is 15.7. The van der Waals surface area contributed by atoms with E-state index in [1.807, 2.05) is 13.0 Å². The number of pyridine rings is 2. The molecular formula is C25H28N4O4. The Morgan fingerprint density at radius 2 is 1.55 bits per heavy atom. The molecule has 2 aromatic rings. The van der Waals surface area contributed by atoms with Crippen molar-refractivity contribution in [1.82, 2.24) is 20.6 Å². The molecule has 0 aliphatic heterocycles. The minimum Gasteiger partial charge on any atom is -0.391 e. The molecule has 4 fully saturated rings. The average Bonchev–Trinajstić information content (AvgIpc) is 2.72. The van der Waals surface area contributed by atoms with Gasteiger partial charge in [-0.15, -0.1) is 0 Å². The van der Waals surface area contributed by atoms with Gasteiger partial charge in [-0.05, 0) is 75.5 Å². The normalized spacial score (nSPS) is 29.4. The summed E-state index contributed by atoms with van der Waals surface area (Å²) in [5.41, 5.74) is 0.486. The van der Waals surface area contributed by atoms with E-state index in [0.29, 0.717) is 18.3 Å². The third-order valence-corrected chi connectivity index (χ3v) is 7.21. The smallest absolute Gasteiger partial charge is 0.391 e. The monoisotopic (exact) mass is 448 g/mol. The lowest BCUT2D eigenvalue weighted by molar-refractivity contribution is -0.0450. The van der Waals surface area contributed by atoms with Crippen molar-refractivity contribution in [2.45, 2.75) is 63.5 Å². The highest BCUT2D eigenvalue weighted by Crippen LogP contribution is 2.57. The Bertz CT molecular complexity index is 1120. The predicted molar refractivity (Wildman–Crippen MR) is 120 cm³/mol. The van der Waals surface area contributed by atoms with Gasteiger partial charge in [-0.25, -0.2) is 14.8 Å². The Morgan fingerprint density at radius 1 is 0.909 bits per heavy atom. The van der Waals surface area contributed by atoms with Crippen LogP contribution in [0.4, 0.5) is 4.79 Å². The molecule has 0 radical (unpaired) electrons. The highest BCUT2D eigenvalue weighted by atomic mass is 16.6. The fourth-order valence-electron chi connectivity index (χ4n) is 6.53. The highest BCUT2D eigenvalue weighted by molar-refractivity contribution is 5.96. The number of carbonyl (C=O) groups excluding carboxylic acids is 3. The molecule has 2 unspecified atom stereocenters. The lowest BCUT2D eigenvalue weighted by Gasteiger charge is -2.61.